The zero-order valence-electron chi connectivity index (χ0n) is 5.88. The molecule has 0 amide bonds. The minimum Gasteiger partial charge on any atom is -0.395 e. The largest absolute Gasteiger partial charge is 0.395 e. The van der Waals surface area contributed by atoms with Crippen molar-refractivity contribution in [1.29, 1.82) is 0 Å². The lowest BCUT2D eigenvalue weighted by molar-refractivity contribution is 0.0879. The van der Waals surface area contributed by atoms with E-state index in [9.17, 15) is 0 Å². The Labute approximate surface area is 55.9 Å². The zero-order valence-corrected chi connectivity index (χ0v) is 5.88. The van der Waals surface area contributed by atoms with Crippen molar-refractivity contribution < 1.29 is 10.2 Å². The van der Waals surface area contributed by atoms with Gasteiger partial charge >= 0.3 is 0 Å². The summed E-state index contributed by atoms with van der Waals surface area (Å²) in [7, 11) is 0. The van der Waals surface area contributed by atoms with E-state index in [1.54, 1.807) is 4.90 Å². The molecule has 0 saturated heterocycles. The van der Waals surface area contributed by atoms with Gasteiger partial charge in [0.2, 0.25) is 0 Å². The summed E-state index contributed by atoms with van der Waals surface area (Å²) in [6, 6.07) is 0. The van der Waals surface area contributed by atoms with Gasteiger partial charge in [-0.15, -0.1) is 0 Å². The van der Waals surface area contributed by atoms with Crippen molar-refractivity contribution in [1.82, 2.24) is 4.90 Å². The Morgan fingerprint density at radius 2 is 1.89 bits per heavy atom. The van der Waals surface area contributed by atoms with Crippen LogP contribution in [0.3, 0.4) is 0 Å². The molecule has 56 valence electrons. The van der Waals surface area contributed by atoms with Gasteiger partial charge in [-0.3, -0.25) is 4.90 Å². The van der Waals surface area contributed by atoms with Crippen LogP contribution in [0.2, 0.25) is 0 Å². The van der Waals surface area contributed by atoms with E-state index in [1.165, 1.54) is 0 Å². The molecular weight excluding hydrogens is 118 g/mol. The normalized spacial score (nSPS) is 10.7. The van der Waals surface area contributed by atoms with E-state index in [4.69, 9.17) is 10.2 Å². The first-order valence-electron chi connectivity index (χ1n) is 3.29. The van der Waals surface area contributed by atoms with Gasteiger partial charge in [-0.1, -0.05) is 6.92 Å². The molecule has 0 aliphatic heterocycles. The third kappa shape index (κ3) is 4.39. The minimum absolute atomic E-state index is 0.0500. The van der Waals surface area contributed by atoms with Crippen LogP contribution in [0.5, 0.6) is 0 Å². The maximum Gasteiger partial charge on any atom is 0.0957 e. The predicted molar refractivity (Wildman–Crippen MR) is 36.0 cm³/mol. The summed E-state index contributed by atoms with van der Waals surface area (Å²) >= 11 is 0. The Hall–Kier alpha value is -0.120. The lowest BCUT2D eigenvalue weighted by atomic mass is 10.4. The molecule has 0 aromatic rings. The van der Waals surface area contributed by atoms with Crippen LogP contribution in [-0.4, -0.2) is 41.5 Å². The minimum atomic E-state index is 0.0500. The quantitative estimate of drug-likeness (QED) is 0.503. The van der Waals surface area contributed by atoms with Gasteiger partial charge in [0, 0.05) is 13.1 Å². The Morgan fingerprint density at radius 3 is 2.22 bits per heavy atom. The first kappa shape index (κ1) is 8.88. The van der Waals surface area contributed by atoms with Crippen molar-refractivity contribution in [2.45, 2.75) is 13.3 Å². The van der Waals surface area contributed by atoms with Crippen LogP contribution in [0.25, 0.3) is 0 Å². The number of hydrogen-bond donors (Lipinski definition) is 2. The molecule has 0 atom stereocenters. The van der Waals surface area contributed by atoms with Crippen molar-refractivity contribution in [3.8, 4) is 0 Å². The molecule has 2 N–H and O–H groups in total. The Morgan fingerprint density at radius 1 is 1.22 bits per heavy atom. The fraction of sp³-hybridized carbons (Fsp3) is 1.00. The molecule has 0 rings (SSSR count). The molecule has 0 aliphatic carbocycles. The molecule has 9 heavy (non-hydrogen) atoms. The van der Waals surface area contributed by atoms with Crippen molar-refractivity contribution in [3.63, 3.8) is 0 Å². The fourth-order valence-electron chi connectivity index (χ4n) is 0.711. The summed E-state index contributed by atoms with van der Waals surface area (Å²) in [6.45, 7) is 3.65. The Bertz CT molecular complexity index is 53.0. The molecule has 0 fully saturated rings. The Kier molecular flexibility index (Phi) is 5.93. The first-order valence-corrected chi connectivity index (χ1v) is 3.29. The molecular formula is C6H15NO2. The lowest BCUT2D eigenvalue weighted by Crippen LogP contribution is -2.28. The molecule has 0 bridgehead atoms. The van der Waals surface area contributed by atoms with E-state index < -0.39 is 0 Å². The van der Waals surface area contributed by atoms with Gasteiger partial charge < -0.3 is 10.2 Å². The van der Waals surface area contributed by atoms with Gasteiger partial charge in [-0.25, -0.2) is 0 Å². The number of aliphatic hydroxyl groups excluding tert-OH is 2. The number of nitrogens with zero attached hydrogens (tertiary/aromatic N) is 1. The van der Waals surface area contributed by atoms with Gasteiger partial charge in [0.15, 0.2) is 0 Å². The molecule has 0 radical (unpaired) electrons. The van der Waals surface area contributed by atoms with Crippen molar-refractivity contribution in [2.24, 2.45) is 0 Å². The fourth-order valence-corrected chi connectivity index (χ4v) is 0.711. The van der Waals surface area contributed by atoms with Crippen molar-refractivity contribution in [2.75, 3.05) is 26.4 Å². The van der Waals surface area contributed by atoms with Crippen LogP contribution in [-0.2, 0) is 0 Å². The maximum absolute atomic E-state index is 8.60. The highest BCUT2D eigenvalue weighted by Gasteiger charge is 1.97. The molecule has 0 aromatic carbocycles. The summed E-state index contributed by atoms with van der Waals surface area (Å²) in [5.74, 6) is 0. The molecule has 0 aromatic heterocycles. The molecule has 0 spiro atoms. The van der Waals surface area contributed by atoms with Gasteiger partial charge in [0.05, 0.1) is 13.3 Å². The zero-order chi connectivity index (χ0) is 7.11. The summed E-state index contributed by atoms with van der Waals surface area (Å²) < 4.78 is 0. The third-order valence-corrected chi connectivity index (χ3v) is 1.16. The van der Waals surface area contributed by atoms with E-state index in [0.29, 0.717) is 6.54 Å². The van der Waals surface area contributed by atoms with E-state index in [-0.39, 0.29) is 13.3 Å². The summed E-state index contributed by atoms with van der Waals surface area (Å²) in [5.41, 5.74) is 0. The molecule has 0 aliphatic rings. The van der Waals surface area contributed by atoms with Crippen LogP contribution in [0.1, 0.15) is 13.3 Å². The molecule has 3 nitrogen and oxygen atoms in total. The number of rotatable bonds is 5. The van der Waals surface area contributed by atoms with E-state index in [2.05, 4.69) is 0 Å². The van der Waals surface area contributed by atoms with E-state index in [1.807, 2.05) is 6.92 Å². The first-order chi connectivity index (χ1) is 4.35. The van der Waals surface area contributed by atoms with Gasteiger partial charge in [0.1, 0.15) is 0 Å². The molecule has 0 heterocycles. The van der Waals surface area contributed by atoms with Crippen LogP contribution >= 0.6 is 0 Å². The molecule has 0 saturated carbocycles. The van der Waals surface area contributed by atoms with Crippen molar-refractivity contribution >= 4 is 0 Å². The highest BCUT2D eigenvalue weighted by atomic mass is 16.3. The summed E-state index contributed by atoms with van der Waals surface area (Å²) in [5, 5.41) is 17.0. The number of aliphatic hydroxyl groups is 2. The maximum atomic E-state index is 8.60. The van der Waals surface area contributed by atoms with E-state index >= 15 is 0 Å². The van der Waals surface area contributed by atoms with Crippen molar-refractivity contribution in [3.05, 3.63) is 0 Å². The second kappa shape index (κ2) is 6.01. The van der Waals surface area contributed by atoms with Crippen LogP contribution in [0, 0.1) is 0 Å². The average Bonchev–Trinajstić information content (AvgIpc) is 1.88. The molecule has 0 unspecified atom stereocenters. The second-order valence-electron chi connectivity index (χ2n) is 1.98. The van der Waals surface area contributed by atoms with Gasteiger partial charge in [0.25, 0.3) is 0 Å². The second-order valence-corrected chi connectivity index (χ2v) is 1.98. The standard InChI is InChI=1S/C6H15NO2/c1-2-3-7(6-9)4-5-8/h8-9H,2-6H2,1H3. The highest BCUT2D eigenvalue weighted by Crippen LogP contribution is 1.86. The van der Waals surface area contributed by atoms with Crippen LogP contribution in [0.4, 0.5) is 0 Å². The topological polar surface area (TPSA) is 43.7 Å². The number of hydrogen-bond acceptors (Lipinski definition) is 3. The van der Waals surface area contributed by atoms with Crippen LogP contribution in [0.15, 0.2) is 0 Å². The SMILES string of the molecule is CCCN(CO)CCO. The van der Waals surface area contributed by atoms with Crippen LogP contribution < -0.4 is 0 Å². The Balaban J connectivity index is 3.18. The average molecular weight is 133 g/mol. The monoisotopic (exact) mass is 133 g/mol. The van der Waals surface area contributed by atoms with Gasteiger partial charge in [-0.2, -0.15) is 0 Å². The summed E-state index contributed by atoms with van der Waals surface area (Å²) in [6.07, 6.45) is 1.01. The van der Waals surface area contributed by atoms with E-state index in [0.717, 1.165) is 13.0 Å². The third-order valence-electron chi connectivity index (χ3n) is 1.16. The molecule has 3 heteroatoms. The predicted octanol–water partition coefficient (Wildman–Crippen LogP) is -0.359. The smallest absolute Gasteiger partial charge is 0.0957 e. The lowest BCUT2D eigenvalue weighted by Gasteiger charge is -2.15. The summed E-state index contributed by atoms with van der Waals surface area (Å²) in [4.78, 5) is 1.79. The van der Waals surface area contributed by atoms with Gasteiger partial charge in [-0.05, 0) is 6.42 Å². The highest BCUT2D eigenvalue weighted by molar-refractivity contribution is 4.48.